The van der Waals surface area contributed by atoms with Gasteiger partial charge in [-0.2, -0.15) is 5.10 Å². The molecule has 0 aliphatic carbocycles. The Kier molecular flexibility index (Phi) is 6.03. The van der Waals surface area contributed by atoms with Gasteiger partial charge in [-0.3, -0.25) is 9.69 Å². The van der Waals surface area contributed by atoms with Crippen LogP contribution in [0.15, 0.2) is 59.6 Å². The molecule has 0 saturated heterocycles. The van der Waals surface area contributed by atoms with Crippen LogP contribution < -0.4 is 5.32 Å². The first-order valence-corrected chi connectivity index (χ1v) is 9.44. The second-order valence-corrected chi connectivity index (χ2v) is 7.45. The number of anilines is 1. The zero-order valence-electron chi connectivity index (χ0n) is 15.6. The fraction of sp³-hybridized carbons (Fsp3) is 0.250. The Morgan fingerprint density at radius 2 is 2.00 bits per heavy atom. The van der Waals surface area contributed by atoms with E-state index >= 15 is 0 Å². The molecule has 0 bridgehead atoms. The van der Waals surface area contributed by atoms with Gasteiger partial charge in [0, 0.05) is 16.2 Å². The highest BCUT2D eigenvalue weighted by Gasteiger charge is 2.15. The number of benzene rings is 2. The van der Waals surface area contributed by atoms with Crippen LogP contribution in [0.5, 0.6) is 0 Å². The fourth-order valence-electron chi connectivity index (χ4n) is 2.82. The number of carbonyl (C=O) groups excluding carboxylic acids is 1. The van der Waals surface area contributed by atoms with Crippen molar-refractivity contribution in [2.45, 2.75) is 19.9 Å². The van der Waals surface area contributed by atoms with Gasteiger partial charge < -0.3 is 5.32 Å². The summed E-state index contributed by atoms with van der Waals surface area (Å²) in [4.78, 5) is 18.4. The summed E-state index contributed by atoms with van der Waals surface area (Å²) in [7, 11) is 1.95. The maximum Gasteiger partial charge on any atom is 0.238 e. The minimum Gasteiger partial charge on any atom is -0.325 e. The van der Waals surface area contributed by atoms with Crippen LogP contribution in [0.25, 0.3) is 5.69 Å². The van der Waals surface area contributed by atoms with Gasteiger partial charge in [0.25, 0.3) is 0 Å². The normalized spacial score (nSPS) is 12.2. The van der Waals surface area contributed by atoms with Crippen molar-refractivity contribution in [3.63, 3.8) is 0 Å². The molecule has 0 fully saturated rings. The van der Waals surface area contributed by atoms with Crippen LogP contribution in [-0.2, 0) is 4.79 Å². The van der Waals surface area contributed by atoms with Crippen molar-refractivity contribution in [1.29, 1.82) is 0 Å². The molecular formula is C20H22BrN5O. The van der Waals surface area contributed by atoms with Gasteiger partial charge in [-0.05, 0) is 62.4 Å². The highest BCUT2D eigenvalue weighted by molar-refractivity contribution is 9.10. The van der Waals surface area contributed by atoms with Crippen molar-refractivity contribution in [2.75, 3.05) is 18.9 Å². The van der Waals surface area contributed by atoms with E-state index in [2.05, 4.69) is 50.4 Å². The lowest BCUT2D eigenvalue weighted by molar-refractivity contribution is -0.117. The van der Waals surface area contributed by atoms with Gasteiger partial charge in [0.1, 0.15) is 12.7 Å². The molecule has 2 aromatic carbocycles. The Hall–Kier alpha value is -2.51. The molecule has 1 amide bonds. The molecule has 3 rings (SSSR count). The molecule has 1 heterocycles. The second-order valence-electron chi connectivity index (χ2n) is 6.53. The van der Waals surface area contributed by atoms with Crippen LogP contribution in [-0.4, -0.2) is 39.2 Å². The van der Waals surface area contributed by atoms with Gasteiger partial charge in [-0.1, -0.05) is 28.1 Å². The van der Waals surface area contributed by atoms with Crippen molar-refractivity contribution in [1.82, 2.24) is 19.7 Å². The molecule has 1 aromatic heterocycles. The summed E-state index contributed by atoms with van der Waals surface area (Å²) in [5, 5.41) is 7.11. The maximum absolute atomic E-state index is 12.4. The van der Waals surface area contributed by atoms with E-state index in [0.29, 0.717) is 6.54 Å². The smallest absolute Gasteiger partial charge is 0.238 e. The number of rotatable bonds is 6. The van der Waals surface area contributed by atoms with Crippen molar-refractivity contribution in [3.8, 4) is 5.69 Å². The topological polar surface area (TPSA) is 63.1 Å². The highest BCUT2D eigenvalue weighted by atomic mass is 79.9. The standard InChI is InChI=1S/C20H22BrN5O/c1-14-10-17(21)6-9-19(14)24-20(27)11-25(3)15(2)16-4-7-18(8-5-16)26-13-22-12-23-26/h4-10,12-13,15H,11H2,1-3H3,(H,24,27)/t15-/m0/s1. The van der Waals surface area contributed by atoms with Crippen LogP contribution in [0.2, 0.25) is 0 Å². The summed E-state index contributed by atoms with van der Waals surface area (Å²) in [5.41, 5.74) is 3.95. The van der Waals surface area contributed by atoms with Crippen LogP contribution in [0, 0.1) is 6.92 Å². The highest BCUT2D eigenvalue weighted by Crippen LogP contribution is 2.22. The van der Waals surface area contributed by atoms with Gasteiger partial charge in [0.2, 0.25) is 5.91 Å². The number of aryl methyl sites for hydroxylation is 1. The monoisotopic (exact) mass is 427 g/mol. The minimum absolute atomic E-state index is 0.0333. The number of amides is 1. The third-order valence-electron chi connectivity index (χ3n) is 4.58. The Morgan fingerprint density at radius 3 is 2.63 bits per heavy atom. The summed E-state index contributed by atoms with van der Waals surface area (Å²) in [6.07, 6.45) is 3.18. The third kappa shape index (κ3) is 4.81. The molecule has 1 N–H and O–H groups in total. The Bertz CT molecular complexity index is 909. The predicted octanol–water partition coefficient (Wildman–Crippen LogP) is 3.97. The first kappa shape index (κ1) is 19.3. The van der Waals surface area contributed by atoms with Crippen LogP contribution in [0.3, 0.4) is 0 Å². The van der Waals surface area contributed by atoms with E-state index in [1.165, 1.54) is 6.33 Å². The SMILES string of the molecule is Cc1cc(Br)ccc1NC(=O)CN(C)[C@@H](C)c1ccc(-n2cncn2)cc1. The number of hydrogen-bond acceptors (Lipinski definition) is 4. The van der Waals surface area contributed by atoms with E-state index in [1.54, 1.807) is 11.0 Å². The van der Waals surface area contributed by atoms with Gasteiger partial charge in [-0.15, -0.1) is 0 Å². The zero-order valence-corrected chi connectivity index (χ0v) is 17.1. The minimum atomic E-state index is -0.0333. The molecule has 3 aromatic rings. The quantitative estimate of drug-likeness (QED) is 0.646. The van der Waals surface area contributed by atoms with Crippen LogP contribution in [0.1, 0.15) is 24.1 Å². The fourth-order valence-corrected chi connectivity index (χ4v) is 3.30. The van der Waals surface area contributed by atoms with Gasteiger partial charge in [0.05, 0.1) is 12.2 Å². The largest absolute Gasteiger partial charge is 0.325 e. The van der Waals surface area contributed by atoms with Crippen molar-refractivity contribution >= 4 is 27.5 Å². The second kappa shape index (κ2) is 8.45. The third-order valence-corrected chi connectivity index (χ3v) is 5.07. The lowest BCUT2D eigenvalue weighted by Crippen LogP contribution is -2.32. The summed E-state index contributed by atoms with van der Waals surface area (Å²) < 4.78 is 2.71. The first-order chi connectivity index (χ1) is 12.9. The first-order valence-electron chi connectivity index (χ1n) is 8.65. The average Bonchev–Trinajstić information content (AvgIpc) is 3.18. The van der Waals surface area contributed by atoms with E-state index in [1.807, 2.05) is 49.2 Å². The van der Waals surface area contributed by atoms with Crippen LogP contribution in [0.4, 0.5) is 5.69 Å². The molecule has 0 aliphatic heterocycles. The molecule has 0 spiro atoms. The number of halogens is 1. The molecule has 0 aliphatic rings. The number of nitrogens with zero attached hydrogens (tertiary/aromatic N) is 4. The van der Waals surface area contributed by atoms with E-state index < -0.39 is 0 Å². The predicted molar refractivity (Wildman–Crippen MR) is 110 cm³/mol. The molecule has 140 valence electrons. The van der Waals surface area contributed by atoms with Crippen molar-refractivity contribution in [3.05, 3.63) is 70.7 Å². The van der Waals surface area contributed by atoms with E-state index in [4.69, 9.17) is 0 Å². The summed E-state index contributed by atoms with van der Waals surface area (Å²) in [6, 6.07) is 14.0. The van der Waals surface area contributed by atoms with Gasteiger partial charge in [-0.25, -0.2) is 9.67 Å². The molecular weight excluding hydrogens is 406 g/mol. The summed E-state index contributed by atoms with van der Waals surface area (Å²) in [6.45, 7) is 4.37. The van der Waals surface area contributed by atoms with Crippen LogP contribution >= 0.6 is 15.9 Å². The Balaban J connectivity index is 1.61. The zero-order chi connectivity index (χ0) is 19.4. The average molecular weight is 428 g/mol. The molecule has 0 saturated carbocycles. The molecule has 27 heavy (non-hydrogen) atoms. The van der Waals surface area contributed by atoms with Crippen molar-refractivity contribution < 1.29 is 4.79 Å². The van der Waals surface area contributed by atoms with E-state index in [0.717, 1.165) is 27.0 Å². The lowest BCUT2D eigenvalue weighted by Gasteiger charge is -2.25. The summed E-state index contributed by atoms with van der Waals surface area (Å²) >= 11 is 3.44. The molecule has 1 atom stereocenters. The molecule has 0 radical (unpaired) electrons. The molecule has 0 unspecified atom stereocenters. The Morgan fingerprint density at radius 1 is 1.26 bits per heavy atom. The van der Waals surface area contributed by atoms with Gasteiger partial charge in [0.15, 0.2) is 0 Å². The van der Waals surface area contributed by atoms with Crippen molar-refractivity contribution in [2.24, 2.45) is 0 Å². The number of aromatic nitrogens is 3. The maximum atomic E-state index is 12.4. The number of carbonyl (C=O) groups is 1. The number of hydrogen-bond donors (Lipinski definition) is 1. The lowest BCUT2D eigenvalue weighted by atomic mass is 10.1. The van der Waals surface area contributed by atoms with E-state index in [9.17, 15) is 4.79 Å². The van der Waals surface area contributed by atoms with Gasteiger partial charge >= 0.3 is 0 Å². The Labute approximate surface area is 167 Å². The summed E-state index contributed by atoms with van der Waals surface area (Å²) in [5.74, 6) is -0.0333. The molecule has 7 heteroatoms. The number of nitrogens with one attached hydrogen (secondary N) is 1. The van der Waals surface area contributed by atoms with E-state index in [-0.39, 0.29) is 11.9 Å². The molecule has 6 nitrogen and oxygen atoms in total. The number of likely N-dealkylation sites (N-methyl/N-ethyl adjacent to an activating group) is 1.